The molecule has 2 rings (SSSR count). The van der Waals surface area contributed by atoms with Gasteiger partial charge in [0.05, 0.1) is 10.2 Å². The van der Waals surface area contributed by atoms with Gasteiger partial charge < -0.3 is 5.32 Å². The summed E-state index contributed by atoms with van der Waals surface area (Å²) < 4.78 is 1.20. The van der Waals surface area contributed by atoms with Crippen molar-refractivity contribution in [2.24, 2.45) is 0 Å². The third kappa shape index (κ3) is 1.70. The summed E-state index contributed by atoms with van der Waals surface area (Å²) in [7, 11) is 0. The molecule has 0 aliphatic heterocycles. The Morgan fingerprint density at radius 1 is 1.46 bits per heavy atom. The van der Waals surface area contributed by atoms with Gasteiger partial charge in [-0.05, 0) is 19.1 Å². The van der Waals surface area contributed by atoms with Gasteiger partial charge >= 0.3 is 0 Å². The van der Waals surface area contributed by atoms with Crippen LogP contribution in [0.15, 0.2) is 36.5 Å². The Hall–Kier alpha value is -1.35. The molecule has 0 aliphatic carbocycles. The molecule has 0 atom stereocenters. The molecule has 13 heavy (non-hydrogen) atoms. The predicted octanol–water partition coefficient (Wildman–Crippen LogP) is 3.24. The van der Waals surface area contributed by atoms with Crippen LogP contribution in [0.25, 0.3) is 10.2 Å². The van der Waals surface area contributed by atoms with Crippen molar-refractivity contribution in [3.05, 3.63) is 36.5 Å². The van der Waals surface area contributed by atoms with Crippen LogP contribution in [0.2, 0.25) is 0 Å². The number of thiazole rings is 1. The number of aromatic nitrogens is 1. The average molecular weight is 190 g/mol. The van der Waals surface area contributed by atoms with Gasteiger partial charge in [0.15, 0.2) is 5.13 Å². The second-order valence-electron chi connectivity index (χ2n) is 2.89. The van der Waals surface area contributed by atoms with Crippen molar-refractivity contribution in [1.29, 1.82) is 0 Å². The van der Waals surface area contributed by atoms with E-state index in [4.69, 9.17) is 0 Å². The van der Waals surface area contributed by atoms with Gasteiger partial charge in [0.25, 0.3) is 0 Å². The minimum atomic E-state index is 0.911. The summed E-state index contributed by atoms with van der Waals surface area (Å²) in [6.45, 7) is 5.70. The minimum absolute atomic E-state index is 0.911. The summed E-state index contributed by atoms with van der Waals surface area (Å²) in [4.78, 5) is 4.40. The smallest absolute Gasteiger partial charge is 0.188 e. The average Bonchev–Trinajstić information content (AvgIpc) is 2.44. The summed E-state index contributed by atoms with van der Waals surface area (Å²) in [6, 6.07) is 8.09. The third-order valence-corrected chi connectivity index (χ3v) is 2.57. The number of hydrogen-bond acceptors (Lipinski definition) is 3. The lowest BCUT2D eigenvalue weighted by Gasteiger charge is -1.96. The number of nitrogens with one attached hydrogen (secondary N) is 1. The number of hydrogen-bond donors (Lipinski definition) is 1. The first-order chi connectivity index (χ1) is 6.25. The molecule has 1 N–H and O–H groups in total. The minimum Gasteiger partial charge on any atom is -0.336 e. The highest BCUT2D eigenvalue weighted by Gasteiger charge is 2.00. The number of rotatable bonds is 2. The fourth-order valence-electron chi connectivity index (χ4n) is 1.11. The predicted molar refractivity (Wildman–Crippen MR) is 58.1 cm³/mol. The summed E-state index contributed by atoms with van der Waals surface area (Å²) in [5, 5.41) is 4.02. The van der Waals surface area contributed by atoms with E-state index in [1.54, 1.807) is 11.3 Å². The van der Waals surface area contributed by atoms with Crippen molar-refractivity contribution < 1.29 is 0 Å². The topological polar surface area (TPSA) is 24.9 Å². The molecular formula is C10H10N2S. The van der Waals surface area contributed by atoms with Gasteiger partial charge in [-0.15, -0.1) is 0 Å². The Labute approximate surface area is 80.9 Å². The van der Waals surface area contributed by atoms with E-state index in [0.717, 1.165) is 16.3 Å². The second-order valence-corrected chi connectivity index (χ2v) is 3.92. The van der Waals surface area contributed by atoms with Gasteiger partial charge in [0.2, 0.25) is 0 Å². The zero-order valence-electron chi connectivity index (χ0n) is 7.37. The molecule has 0 saturated carbocycles. The standard InChI is InChI=1S/C10H10N2S/c1-7(2)11-10-12-8-5-3-4-6-9(8)13-10/h3-6H,1H2,2H3,(H,11,12). The molecule has 1 heterocycles. The maximum absolute atomic E-state index is 4.40. The Morgan fingerprint density at radius 2 is 2.23 bits per heavy atom. The normalized spacial score (nSPS) is 10.2. The molecular weight excluding hydrogens is 180 g/mol. The lowest BCUT2D eigenvalue weighted by atomic mass is 10.3. The zero-order valence-corrected chi connectivity index (χ0v) is 8.19. The summed E-state index contributed by atoms with van der Waals surface area (Å²) >= 11 is 1.64. The highest BCUT2D eigenvalue weighted by molar-refractivity contribution is 7.22. The SMILES string of the molecule is C=C(C)Nc1nc2ccccc2s1. The van der Waals surface area contributed by atoms with E-state index >= 15 is 0 Å². The fraction of sp³-hybridized carbons (Fsp3) is 0.100. The molecule has 3 heteroatoms. The van der Waals surface area contributed by atoms with Crippen LogP contribution < -0.4 is 5.32 Å². The summed E-state index contributed by atoms with van der Waals surface area (Å²) in [5.74, 6) is 0. The summed E-state index contributed by atoms with van der Waals surface area (Å²) in [6.07, 6.45) is 0. The van der Waals surface area contributed by atoms with Crippen molar-refractivity contribution in [3.8, 4) is 0 Å². The van der Waals surface area contributed by atoms with Crippen LogP contribution in [-0.4, -0.2) is 4.98 Å². The maximum Gasteiger partial charge on any atom is 0.188 e. The van der Waals surface area contributed by atoms with E-state index in [2.05, 4.69) is 22.9 Å². The Kier molecular flexibility index (Phi) is 2.02. The molecule has 1 aromatic carbocycles. The van der Waals surface area contributed by atoms with Gasteiger partial charge in [-0.25, -0.2) is 4.98 Å². The van der Waals surface area contributed by atoms with Crippen LogP contribution in [0.3, 0.4) is 0 Å². The van der Waals surface area contributed by atoms with Gasteiger partial charge in [0, 0.05) is 5.70 Å². The molecule has 0 fully saturated rings. The van der Waals surface area contributed by atoms with Gasteiger partial charge in [0.1, 0.15) is 0 Å². The van der Waals surface area contributed by atoms with E-state index < -0.39 is 0 Å². The van der Waals surface area contributed by atoms with Crippen molar-refractivity contribution in [1.82, 2.24) is 4.98 Å². The highest BCUT2D eigenvalue weighted by Crippen LogP contribution is 2.25. The molecule has 0 saturated heterocycles. The van der Waals surface area contributed by atoms with Crippen molar-refractivity contribution in [2.45, 2.75) is 6.92 Å². The Balaban J connectivity index is 2.44. The number of anilines is 1. The first-order valence-corrected chi connectivity index (χ1v) is 4.85. The Bertz CT molecular complexity index is 412. The quantitative estimate of drug-likeness (QED) is 0.786. The highest BCUT2D eigenvalue weighted by atomic mass is 32.1. The van der Waals surface area contributed by atoms with Crippen LogP contribution in [0.5, 0.6) is 0 Å². The molecule has 2 nitrogen and oxygen atoms in total. The van der Waals surface area contributed by atoms with Crippen LogP contribution in [0.4, 0.5) is 5.13 Å². The molecule has 66 valence electrons. The maximum atomic E-state index is 4.40. The van der Waals surface area contributed by atoms with Crippen LogP contribution >= 0.6 is 11.3 Å². The molecule has 0 unspecified atom stereocenters. The second kappa shape index (κ2) is 3.18. The van der Waals surface area contributed by atoms with E-state index in [9.17, 15) is 0 Å². The molecule has 0 radical (unpaired) electrons. The molecule has 1 aromatic heterocycles. The van der Waals surface area contributed by atoms with Crippen LogP contribution in [-0.2, 0) is 0 Å². The number of benzene rings is 1. The number of fused-ring (bicyclic) bond motifs is 1. The molecule has 0 aliphatic rings. The van der Waals surface area contributed by atoms with Crippen molar-refractivity contribution in [2.75, 3.05) is 5.32 Å². The van der Waals surface area contributed by atoms with Gasteiger partial charge in [-0.2, -0.15) is 0 Å². The van der Waals surface area contributed by atoms with Crippen LogP contribution in [0, 0.1) is 0 Å². The monoisotopic (exact) mass is 190 g/mol. The fourth-order valence-corrected chi connectivity index (χ4v) is 2.05. The molecule has 2 aromatic rings. The largest absolute Gasteiger partial charge is 0.336 e. The van der Waals surface area contributed by atoms with Crippen molar-refractivity contribution >= 4 is 26.7 Å². The van der Waals surface area contributed by atoms with Gasteiger partial charge in [-0.1, -0.05) is 30.0 Å². The number of allylic oxidation sites excluding steroid dienone is 1. The third-order valence-electron chi connectivity index (χ3n) is 1.61. The first kappa shape index (κ1) is 8.26. The molecule has 0 amide bonds. The van der Waals surface area contributed by atoms with E-state index in [0.29, 0.717) is 0 Å². The van der Waals surface area contributed by atoms with Crippen LogP contribution in [0.1, 0.15) is 6.92 Å². The van der Waals surface area contributed by atoms with E-state index in [1.165, 1.54) is 4.70 Å². The van der Waals surface area contributed by atoms with E-state index in [1.807, 2.05) is 25.1 Å². The number of nitrogens with zero attached hydrogens (tertiary/aromatic N) is 1. The molecule has 0 bridgehead atoms. The van der Waals surface area contributed by atoms with E-state index in [-0.39, 0.29) is 0 Å². The lowest BCUT2D eigenvalue weighted by molar-refractivity contribution is 1.35. The Morgan fingerprint density at radius 3 is 2.92 bits per heavy atom. The zero-order chi connectivity index (χ0) is 9.26. The number of para-hydroxylation sites is 1. The molecule has 0 spiro atoms. The first-order valence-electron chi connectivity index (χ1n) is 4.04. The van der Waals surface area contributed by atoms with Crippen molar-refractivity contribution in [3.63, 3.8) is 0 Å². The lowest BCUT2D eigenvalue weighted by Crippen LogP contribution is -1.91. The van der Waals surface area contributed by atoms with Gasteiger partial charge in [-0.3, -0.25) is 0 Å². The summed E-state index contributed by atoms with van der Waals surface area (Å²) in [5.41, 5.74) is 1.95.